The van der Waals surface area contributed by atoms with Crippen LogP contribution in [0.2, 0.25) is 0 Å². The zero-order valence-corrected chi connectivity index (χ0v) is 9.76. The van der Waals surface area contributed by atoms with Gasteiger partial charge in [0.15, 0.2) is 0 Å². The van der Waals surface area contributed by atoms with Gasteiger partial charge in [0.25, 0.3) is 5.85 Å². The normalized spacial score (nSPS) is 14.3. The Morgan fingerprint density at radius 1 is 1.50 bits per heavy atom. The van der Waals surface area contributed by atoms with Gasteiger partial charge in [0, 0.05) is 12.6 Å². The average molecular weight is 251 g/mol. The number of hydrogen-bond donors (Lipinski definition) is 0. The minimum Gasteiger partial charge on any atom is -0.289 e. The number of halogens is 3. The van der Waals surface area contributed by atoms with E-state index < -0.39 is 5.85 Å². The first-order valence-electron chi connectivity index (χ1n) is 3.48. The summed E-state index contributed by atoms with van der Waals surface area (Å²) in [5.74, 6) is -2.89. The molecule has 0 saturated heterocycles. The van der Waals surface area contributed by atoms with E-state index in [0.717, 1.165) is 0 Å². The summed E-state index contributed by atoms with van der Waals surface area (Å²) in [7, 11) is 0. The Kier molecular flexibility index (Phi) is 5.84. The third-order valence-corrected chi connectivity index (χ3v) is 3.34. The lowest BCUT2D eigenvalue weighted by Crippen LogP contribution is -2.01. The lowest BCUT2D eigenvalue weighted by atomic mass is 10.1. The molecule has 72 valence electrons. The largest absolute Gasteiger partial charge is 0.289 e. The van der Waals surface area contributed by atoms with Crippen molar-refractivity contribution in [1.29, 1.82) is 0 Å². The van der Waals surface area contributed by atoms with Crippen molar-refractivity contribution in [2.75, 3.05) is 6.16 Å². The highest BCUT2D eigenvalue weighted by Crippen LogP contribution is 2.57. The highest BCUT2D eigenvalue weighted by atomic mass is 35.9. The number of carbonyl (C=O) groups excluding carboxylic acids is 1. The van der Waals surface area contributed by atoms with E-state index >= 15 is 0 Å². The summed E-state index contributed by atoms with van der Waals surface area (Å²) in [6.07, 6.45) is 1.07. The molecule has 0 fully saturated rings. The van der Waals surface area contributed by atoms with E-state index in [0.29, 0.717) is 6.42 Å². The van der Waals surface area contributed by atoms with Crippen molar-refractivity contribution in [3.8, 4) is 0 Å². The molecule has 0 N–H and O–H groups in total. The Hall–Kier alpha value is 0.770. The van der Waals surface area contributed by atoms with Gasteiger partial charge in [-0.2, -0.15) is 0 Å². The Morgan fingerprint density at radius 2 is 2.00 bits per heavy atom. The van der Waals surface area contributed by atoms with E-state index in [1.54, 1.807) is 0 Å². The smallest absolute Gasteiger partial charge is 0.253 e. The van der Waals surface area contributed by atoms with Crippen LogP contribution in [-0.2, 0) is 9.36 Å². The van der Waals surface area contributed by atoms with Crippen LogP contribution in [-0.4, -0.2) is 11.4 Å². The van der Waals surface area contributed by atoms with Crippen molar-refractivity contribution in [2.45, 2.75) is 19.8 Å². The van der Waals surface area contributed by atoms with Gasteiger partial charge in [-0.25, -0.2) is 0 Å². The number of carbonyl (C=O) groups is 1. The van der Waals surface area contributed by atoms with Gasteiger partial charge in [-0.1, -0.05) is 6.92 Å². The van der Waals surface area contributed by atoms with Gasteiger partial charge < -0.3 is 0 Å². The van der Waals surface area contributed by atoms with Gasteiger partial charge in [-0.3, -0.25) is 9.36 Å². The van der Waals surface area contributed by atoms with Crippen molar-refractivity contribution in [1.82, 2.24) is 0 Å². The van der Waals surface area contributed by atoms with Crippen molar-refractivity contribution < 1.29 is 9.36 Å². The van der Waals surface area contributed by atoms with Gasteiger partial charge in [-0.15, -0.1) is 0 Å². The minimum absolute atomic E-state index is 0.0841. The van der Waals surface area contributed by atoms with Crippen LogP contribution in [0.25, 0.3) is 0 Å². The Morgan fingerprint density at radius 3 is 2.33 bits per heavy atom. The summed E-state index contributed by atoms with van der Waals surface area (Å²) in [4.78, 5) is 10.4. The van der Waals surface area contributed by atoms with Crippen LogP contribution in [0.3, 0.4) is 0 Å². The topological polar surface area (TPSA) is 34.1 Å². The molecule has 0 amide bonds. The van der Waals surface area contributed by atoms with Crippen LogP contribution >= 0.6 is 39.9 Å². The summed E-state index contributed by atoms with van der Waals surface area (Å²) >= 11 is 15.8. The van der Waals surface area contributed by atoms with Crippen LogP contribution < -0.4 is 0 Å². The maximum Gasteiger partial charge on any atom is 0.253 e. The monoisotopic (exact) mass is 250 g/mol. The predicted molar refractivity (Wildman–Crippen MR) is 53.4 cm³/mol. The fourth-order valence-corrected chi connectivity index (χ4v) is 2.34. The van der Waals surface area contributed by atoms with E-state index in [-0.39, 0.29) is 23.7 Å². The predicted octanol–water partition coefficient (Wildman–Crippen LogP) is 3.84. The van der Waals surface area contributed by atoms with E-state index in [2.05, 4.69) is 0 Å². The molecule has 0 aromatic carbocycles. The second-order valence-electron chi connectivity index (χ2n) is 2.75. The maximum absolute atomic E-state index is 10.8. The van der Waals surface area contributed by atoms with Gasteiger partial charge in [0.05, 0.1) is 0 Å². The zero-order valence-electron chi connectivity index (χ0n) is 6.60. The van der Waals surface area contributed by atoms with E-state index in [4.69, 9.17) is 34.1 Å². The molecule has 0 aromatic rings. The van der Waals surface area contributed by atoms with E-state index in [1.807, 2.05) is 6.92 Å². The SMILES string of the molecule is CC(CCP(=O)(Cl)Cl)CC(=O)Cl. The summed E-state index contributed by atoms with van der Waals surface area (Å²) < 4.78 is 10.8. The molecule has 0 rings (SSSR count). The highest BCUT2D eigenvalue weighted by molar-refractivity contribution is 8.08. The molecule has 0 bridgehead atoms. The Labute approximate surface area is 86.5 Å². The standard InChI is InChI=1S/C6H10Cl3O2P/c1-5(4-6(7)10)2-3-12(8,9)11/h5H,2-4H2,1H3. The second-order valence-corrected chi connectivity index (χ2v) is 8.55. The Bertz CT molecular complexity index is 201. The molecular weight excluding hydrogens is 241 g/mol. The summed E-state index contributed by atoms with van der Waals surface area (Å²) in [5, 5.41) is -0.388. The second kappa shape index (κ2) is 5.49. The van der Waals surface area contributed by atoms with Crippen LogP contribution in [0.15, 0.2) is 0 Å². The lowest BCUT2D eigenvalue weighted by molar-refractivity contribution is -0.112. The minimum atomic E-state index is -2.97. The molecule has 1 unspecified atom stereocenters. The first kappa shape index (κ1) is 12.8. The number of rotatable bonds is 5. The summed E-state index contributed by atoms with van der Waals surface area (Å²) in [6.45, 7) is 1.84. The highest BCUT2D eigenvalue weighted by Gasteiger charge is 2.16. The fourth-order valence-electron chi connectivity index (χ4n) is 0.747. The average Bonchev–Trinajstić information content (AvgIpc) is 1.80. The van der Waals surface area contributed by atoms with E-state index in [1.165, 1.54) is 0 Å². The van der Waals surface area contributed by atoms with Crippen LogP contribution in [0.1, 0.15) is 19.8 Å². The zero-order chi connectivity index (χ0) is 9.78. The first-order chi connectivity index (χ1) is 5.31. The van der Waals surface area contributed by atoms with Gasteiger partial charge in [0.2, 0.25) is 5.24 Å². The summed E-state index contributed by atoms with van der Waals surface area (Å²) in [6, 6.07) is 0. The molecule has 0 aliphatic rings. The summed E-state index contributed by atoms with van der Waals surface area (Å²) in [5.41, 5.74) is 0. The van der Waals surface area contributed by atoms with Crippen molar-refractivity contribution in [2.24, 2.45) is 5.92 Å². The lowest BCUT2D eigenvalue weighted by Gasteiger charge is -2.07. The molecule has 0 aliphatic carbocycles. The van der Waals surface area contributed by atoms with Gasteiger partial charge in [-0.05, 0) is 46.4 Å². The molecule has 0 aromatic heterocycles. The van der Waals surface area contributed by atoms with E-state index in [9.17, 15) is 9.36 Å². The van der Waals surface area contributed by atoms with Crippen LogP contribution in [0.5, 0.6) is 0 Å². The molecule has 0 aliphatic heterocycles. The molecule has 0 radical (unpaired) electrons. The van der Waals surface area contributed by atoms with Crippen LogP contribution in [0.4, 0.5) is 0 Å². The third-order valence-electron chi connectivity index (χ3n) is 1.39. The molecule has 6 heteroatoms. The quantitative estimate of drug-likeness (QED) is 0.549. The third kappa shape index (κ3) is 8.86. The van der Waals surface area contributed by atoms with Gasteiger partial charge >= 0.3 is 0 Å². The van der Waals surface area contributed by atoms with Crippen molar-refractivity contribution >= 4 is 45.2 Å². The van der Waals surface area contributed by atoms with Gasteiger partial charge in [0.1, 0.15) is 0 Å². The molecule has 0 heterocycles. The fraction of sp³-hybridized carbons (Fsp3) is 0.833. The molecular formula is C6H10Cl3O2P. The number of hydrogen-bond acceptors (Lipinski definition) is 2. The molecule has 0 saturated carbocycles. The van der Waals surface area contributed by atoms with Crippen LogP contribution in [0, 0.1) is 5.92 Å². The maximum atomic E-state index is 10.8. The molecule has 1 atom stereocenters. The molecule has 0 spiro atoms. The van der Waals surface area contributed by atoms with Crippen molar-refractivity contribution in [3.63, 3.8) is 0 Å². The first-order valence-corrected chi connectivity index (χ1v) is 7.56. The molecule has 12 heavy (non-hydrogen) atoms. The molecule has 2 nitrogen and oxygen atoms in total. The Balaban J connectivity index is 3.65. The van der Waals surface area contributed by atoms with Crippen molar-refractivity contribution in [3.05, 3.63) is 0 Å².